The number of carbonyl (C=O) groups is 1. The van der Waals surface area contributed by atoms with E-state index in [-0.39, 0.29) is 13.1 Å². The van der Waals surface area contributed by atoms with E-state index in [1.54, 1.807) is 11.6 Å². The number of hydrogen-bond donors (Lipinski definition) is 0. The monoisotopic (exact) mass is 365 g/mol. The van der Waals surface area contributed by atoms with Gasteiger partial charge < -0.3 is 4.90 Å². The summed E-state index contributed by atoms with van der Waals surface area (Å²) < 4.78 is 39.4. The lowest BCUT2D eigenvalue weighted by Gasteiger charge is -2.21. The van der Waals surface area contributed by atoms with Crippen LogP contribution in [0.4, 0.5) is 13.2 Å². The second-order valence-electron chi connectivity index (χ2n) is 6.58. The minimum atomic E-state index is -4.28. The number of nitrogens with zero attached hydrogens (tertiary/aromatic N) is 3. The Labute approximate surface area is 150 Å². The quantitative estimate of drug-likeness (QED) is 0.801. The van der Waals surface area contributed by atoms with Crippen LogP contribution in [0, 0.1) is 6.92 Å². The first-order chi connectivity index (χ1) is 12.3. The van der Waals surface area contributed by atoms with E-state index >= 15 is 0 Å². The SMILES string of the molecule is CCN(CCC(F)(F)F)C(=O)c1nn(-c2ccccc2C)c2c1CCC2. The Balaban J connectivity index is 1.94. The molecular formula is C19H22F3N3O. The zero-order chi connectivity index (χ0) is 18.9. The number of rotatable bonds is 5. The van der Waals surface area contributed by atoms with Gasteiger partial charge in [0, 0.05) is 24.3 Å². The van der Waals surface area contributed by atoms with Crippen molar-refractivity contribution < 1.29 is 18.0 Å². The summed E-state index contributed by atoms with van der Waals surface area (Å²) in [4.78, 5) is 14.1. The number of carbonyl (C=O) groups excluding carboxylic acids is 1. The summed E-state index contributed by atoms with van der Waals surface area (Å²) in [5.41, 5.74) is 4.11. The van der Waals surface area contributed by atoms with E-state index in [4.69, 9.17) is 0 Å². The second-order valence-corrected chi connectivity index (χ2v) is 6.58. The number of aryl methyl sites for hydroxylation is 1. The average molecular weight is 365 g/mol. The predicted molar refractivity (Wildman–Crippen MR) is 92.6 cm³/mol. The maximum absolute atomic E-state index is 12.9. The zero-order valence-corrected chi connectivity index (χ0v) is 14.9. The van der Waals surface area contributed by atoms with Gasteiger partial charge in [-0.2, -0.15) is 18.3 Å². The molecule has 2 aromatic rings. The highest BCUT2D eigenvalue weighted by Gasteiger charge is 2.32. The summed E-state index contributed by atoms with van der Waals surface area (Å²) in [5.74, 6) is -0.415. The van der Waals surface area contributed by atoms with Gasteiger partial charge in [-0.3, -0.25) is 4.79 Å². The summed E-state index contributed by atoms with van der Waals surface area (Å²) in [6.45, 7) is 3.54. The molecule has 3 rings (SSSR count). The zero-order valence-electron chi connectivity index (χ0n) is 14.9. The number of alkyl halides is 3. The highest BCUT2D eigenvalue weighted by Crippen LogP contribution is 2.30. The molecule has 0 fully saturated rings. The Hall–Kier alpha value is -2.31. The number of para-hydroxylation sites is 1. The first-order valence-electron chi connectivity index (χ1n) is 8.84. The minimum Gasteiger partial charge on any atom is -0.337 e. The molecule has 1 aliphatic carbocycles. The van der Waals surface area contributed by atoms with E-state index in [9.17, 15) is 18.0 Å². The number of aromatic nitrogens is 2. The number of amides is 1. The molecule has 4 nitrogen and oxygen atoms in total. The molecule has 0 saturated carbocycles. The van der Waals surface area contributed by atoms with Crippen LogP contribution in [0.3, 0.4) is 0 Å². The van der Waals surface area contributed by atoms with Gasteiger partial charge in [-0.1, -0.05) is 18.2 Å². The van der Waals surface area contributed by atoms with Gasteiger partial charge in [0.2, 0.25) is 0 Å². The highest BCUT2D eigenvalue weighted by atomic mass is 19.4. The van der Waals surface area contributed by atoms with Crippen LogP contribution in [-0.4, -0.2) is 39.9 Å². The van der Waals surface area contributed by atoms with Gasteiger partial charge in [0.15, 0.2) is 5.69 Å². The fourth-order valence-corrected chi connectivity index (χ4v) is 3.42. The maximum Gasteiger partial charge on any atom is 0.390 e. The van der Waals surface area contributed by atoms with Gasteiger partial charge in [-0.15, -0.1) is 0 Å². The smallest absolute Gasteiger partial charge is 0.337 e. The topological polar surface area (TPSA) is 38.1 Å². The highest BCUT2D eigenvalue weighted by molar-refractivity contribution is 5.94. The van der Waals surface area contributed by atoms with Crippen LogP contribution in [0.2, 0.25) is 0 Å². The van der Waals surface area contributed by atoms with E-state index in [2.05, 4.69) is 5.10 Å². The molecule has 1 aliphatic rings. The van der Waals surface area contributed by atoms with Crippen LogP contribution >= 0.6 is 0 Å². The van der Waals surface area contributed by atoms with Crippen molar-refractivity contribution in [2.45, 2.75) is 45.7 Å². The third-order valence-electron chi connectivity index (χ3n) is 4.81. The largest absolute Gasteiger partial charge is 0.390 e. The lowest BCUT2D eigenvalue weighted by atomic mass is 10.1. The van der Waals surface area contributed by atoms with Crippen molar-refractivity contribution in [1.82, 2.24) is 14.7 Å². The number of hydrogen-bond acceptors (Lipinski definition) is 2. The lowest BCUT2D eigenvalue weighted by molar-refractivity contribution is -0.136. The number of benzene rings is 1. The molecule has 1 heterocycles. The summed E-state index contributed by atoms with van der Waals surface area (Å²) in [5, 5.41) is 4.52. The Kier molecular flexibility index (Phi) is 5.07. The molecule has 1 aromatic carbocycles. The first-order valence-corrected chi connectivity index (χ1v) is 8.84. The fourth-order valence-electron chi connectivity index (χ4n) is 3.42. The van der Waals surface area contributed by atoms with Crippen molar-refractivity contribution in [1.29, 1.82) is 0 Å². The molecule has 0 saturated heterocycles. The third kappa shape index (κ3) is 3.61. The van der Waals surface area contributed by atoms with Crippen molar-refractivity contribution in [3.63, 3.8) is 0 Å². The van der Waals surface area contributed by atoms with E-state index in [1.807, 2.05) is 31.2 Å². The second kappa shape index (κ2) is 7.13. The summed E-state index contributed by atoms with van der Waals surface area (Å²) >= 11 is 0. The van der Waals surface area contributed by atoms with Crippen molar-refractivity contribution in [3.05, 3.63) is 46.8 Å². The average Bonchev–Trinajstić information content (AvgIpc) is 3.17. The Morgan fingerprint density at radius 1 is 1.27 bits per heavy atom. The molecule has 1 amide bonds. The molecule has 140 valence electrons. The molecule has 7 heteroatoms. The fraction of sp³-hybridized carbons (Fsp3) is 0.474. The van der Waals surface area contributed by atoms with Gasteiger partial charge in [-0.25, -0.2) is 4.68 Å². The number of fused-ring (bicyclic) bond motifs is 1. The van der Waals surface area contributed by atoms with Crippen LogP contribution in [0.25, 0.3) is 5.69 Å². The molecule has 0 aliphatic heterocycles. The van der Waals surface area contributed by atoms with Crippen molar-refractivity contribution in [2.24, 2.45) is 0 Å². The molecule has 0 N–H and O–H groups in total. The molecule has 0 atom stereocenters. The van der Waals surface area contributed by atoms with E-state index in [1.165, 1.54) is 4.90 Å². The lowest BCUT2D eigenvalue weighted by Crippen LogP contribution is -2.34. The van der Waals surface area contributed by atoms with Crippen LogP contribution in [-0.2, 0) is 12.8 Å². The maximum atomic E-state index is 12.9. The molecule has 0 unspecified atom stereocenters. The molecule has 0 bridgehead atoms. The minimum absolute atomic E-state index is 0.223. The third-order valence-corrected chi connectivity index (χ3v) is 4.81. The van der Waals surface area contributed by atoms with Crippen LogP contribution in [0.15, 0.2) is 24.3 Å². The normalized spacial score (nSPS) is 13.7. The van der Waals surface area contributed by atoms with Crippen LogP contribution < -0.4 is 0 Å². The first kappa shape index (κ1) is 18.5. The van der Waals surface area contributed by atoms with Gasteiger partial charge in [0.25, 0.3) is 5.91 Å². The van der Waals surface area contributed by atoms with Crippen LogP contribution in [0.5, 0.6) is 0 Å². The predicted octanol–water partition coefficient (Wildman–Crippen LogP) is 4.08. The summed E-state index contributed by atoms with van der Waals surface area (Å²) in [6.07, 6.45) is -2.81. The van der Waals surface area contributed by atoms with Crippen molar-refractivity contribution in [2.75, 3.05) is 13.1 Å². The van der Waals surface area contributed by atoms with Gasteiger partial charge in [0.1, 0.15) is 0 Å². The van der Waals surface area contributed by atoms with Gasteiger partial charge in [0.05, 0.1) is 12.1 Å². The Bertz CT molecular complexity index is 811. The number of halogens is 3. The van der Waals surface area contributed by atoms with E-state index in [0.717, 1.165) is 41.8 Å². The van der Waals surface area contributed by atoms with Crippen LogP contribution in [0.1, 0.15) is 47.1 Å². The molecule has 1 aromatic heterocycles. The molecule has 0 spiro atoms. The Morgan fingerprint density at radius 3 is 2.65 bits per heavy atom. The van der Waals surface area contributed by atoms with Gasteiger partial charge in [-0.05, 0) is 44.7 Å². The molecule has 26 heavy (non-hydrogen) atoms. The standard InChI is InChI=1S/C19H22F3N3O/c1-3-24(12-11-19(20,21)22)18(26)17-14-8-6-10-16(14)25(23-17)15-9-5-4-7-13(15)2/h4-5,7,9H,3,6,8,10-12H2,1-2H3. The van der Waals surface area contributed by atoms with Gasteiger partial charge >= 0.3 is 6.18 Å². The summed E-state index contributed by atoms with van der Waals surface area (Å²) in [7, 11) is 0. The molecular weight excluding hydrogens is 343 g/mol. The van der Waals surface area contributed by atoms with E-state index < -0.39 is 18.5 Å². The van der Waals surface area contributed by atoms with Crippen molar-refractivity contribution in [3.8, 4) is 5.69 Å². The summed E-state index contributed by atoms with van der Waals surface area (Å²) in [6, 6.07) is 7.76. The van der Waals surface area contributed by atoms with E-state index in [0.29, 0.717) is 5.69 Å². The van der Waals surface area contributed by atoms with Crippen molar-refractivity contribution >= 4 is 5.91 Å². The molecule has 0 radical (unpaired) electrons. The Morgan fingerprint density at radius 2 is 2.00 bits per heavy atom.